The summed E-state index contributed by atoms with van der Waals surface area (Å²) >= 11 is 0. The lowest BCUT2D eigenvalue weighted by Crippen LogP contribution is -2.10. The van der Waals surface area contributed by atoms with Gasteiger partial charge in [-0.1, -0.05) is 31.5 Å². The van der Waals surface area contributed by atoms with Crippen molar-refractivity contribution in [2.24, 2.45) is 5.73 Å². The summed E-state index contributed by atoms with van der Waals surface area (Å²) in [7, 11) is 0. The Morgan fingerprint density at radius 3 is 2.69 bits per heavy atom. The van der Waals surface area contributed by atoms with Gasteiger partial charge in [-0.25, -0.2) is 0 Å². The minimum atomic E-state index is 0. The zero-order valence-corrected chi connectivity index (χ0v) is 10.6. The van der Waals surface area contributed by atoms with Crippen molar-refractivity contribution in [1.29, 1.82) is 0 Å². The summed E-state index contributed by atoms with van der Waals surface area (Å²) in [5, 5.41) is 1.27. The summed E-state index contributed by atoms with van der Waals surface area (Å²) in [5.41, 5.74) is 9.88. The SMILES string of the molecule is CCC[C@H](N)c1c(C)[nH]c2ccccc12.Cl. The molecular formula is C13H19ClN2. The van der Waals surface area contributed by atoms with E-state index in [1.165, 1.54) is 22.2 Å². The average Bonchev–Trinajstić information content (AvgIpc) is 2.54. The Morgan fingerprint density at radius 1 is 1.31 bits per heavy atom. The molecule has 0 amide bonds. The Kier molecular flexibility index (Phi) is 4.39. The summed E-state index contributed by atoms with van der Waals surface area (Å²) in [4.78, 5) is 3.39. The van der Waals surface area contributed by atoms with Crippen molar-refractivity contribution in [2.75, 3.05) is 0 Å². The molecule has 3 N–H and O–H groups in total. The molecule has 1 heterocycles. The van der Waals surface area contributed by atoms with E-state index in [9.17, 15) is 0 Å². The van der Waals surface area contributed by atoms with Gasteiger partial charge in [-0.2, -0.15) is 0 Å². The van der Waals surface area contributed by atoms with Crippen molar-refractivity contribution in [3.8, 4) is 0 Å². The minimum absolute atomic E-state index is 0. The number of H-pyrrole nitrogens is 1. The van der Waals surface area contributed by atoms with Crippen LogP contribution in [0.15, 0.2) is 24.3 Å². The van der Waals surface area contributed by atoms with Crippen LogP contribution < -0.4 is 5.73 Å². The second-order valence-electron chi connectivity index (χ2n) is 4.10. The first-order chi connectivity index (χ1) is 7.24. The van der Waals surface area contributed by atoms with Crippen molar-refractivity contribution in [1.82, 2.24) is 4.98 Å². The first-order valence-electron chi connectivity index (χ1n) is 5.56. The van der Waals surface area contributed by atoms with Gasteiger partial charge in [0.1, 0.15) is 0 Å². The van der Waals surface area contributed by atoms with Crippen LogP contribution in [0.1, 0.15) is 37.1 Å². The van der Waals surface area contributed by atoms with Crippen LogP contribution in [0.4, 0.5) is 0 Å². The fourth-order valence-corrected chi connectivity index (χ4v) is 2.23. The van der Waals surface area contributed by atoms with Gasteiger partial charge in [-0.15, -0.1) is 12.4 Å². The third-order valence-corrected chi connectivity index (χ3v) is 2.91. The number of fused-ring (bicyclic) bond motifs is 1. The lowest BCUT2D eigenvalue weighted by molar-refractivity contribution is 0.639. The van der Waals surface area contributed by atoms with Crippen LogP contribution in [0, 0.1) is 6.92 Å². The van der Waals surface area contributed by atoms with Gasteiger partial charge in [-0.3, -0.25) is 0 Å². The number of halogens is 1. The van der Waals surface area contributed by atoms with Crippen molar-refractivity contribution in [3.63, 3.8) is 0 Å². The summed E-state index contributed by atoms with van der Waals surface area (Å²) in [6, 6.07) is 8.52. The molecule has 16 heavy (non-hydrogen) atoms. The quantitative estimate of drug-likeness (QED) is 0.841. The highest BCUT2D eigenvalue weighted by Gasteiger charge is 2.13. The molecule has 0 spiro atoms. The molecule has 1 aromatic carbocycles. The number of hydrogen-bond donors (Lipinski definition) is 2. The topological polar surface area (TPSA) is 41.8 Å². The summed E-state index contributed by atoms with van der Waals surface area (Å²) in [5.74, 6) is 0. The van der Waals surface area contributed by atoms with E-state index in [4.69, 9.17) is 5.73 Å². The molecule has 3 heteroatoms. The molecule has 1 aromatic heterocycles. The van der Waals surface area contributed by atoms with E-state index in [1.54, 1.807) is 0 Å². The minimum Gasteiger partial charge on any atom is -0.358 e. The fourth-order valence-electron chi connectivity index (χ4n) is 2.23. The van der Waals surface area contributed by atoms with Crippen LogP contribution in [0.5, 0.6) is 0 Å². The number of nitrogens with one attached hydrogen (secondary N) is 1. The van der Waals surface area contributed by atoms with E-state index in [0.717, 1.165) is 12.8 Å². The maximum absolute atomic E-state index is 6.20. The van der Waals surface area contributed by atoms with E-state index in [0.29, 0.717) is 0 Å². The van der Waals surface area contributed by atoms with Gasteiger partial charge >= 0.3 is 0 Å². The van der Waals surface area contributed by atoms with Crippen molar-refractivity contribution < 1.29 is 0 Å². The fraction of sp³-hybridized carbons (Fsp3) is 0.385. The largest absolute Gasteiger partial charge is 0.358 e. The van der Waals surface area contributed by atoms with Crippen LogP contribution >= 0.6 is 12.4 Å². The molecule has 0 saturated carbocycles. The van der Waals surface area contributed by atoms with Crippen LogP contribution in [0.2, 0.25) is 0 Å². The van der Waals surface area contributed by atoms with Gasteiger partial charge in [0.2, 0.25) is 0 Å². The van der Waals surface area contributed by atoms with E-state index in [2.05, 4.69) is 37.0 Å². The third-order valence-electron chi connectivity index (χ3n) is 2.91. The van der Waals surface area contributed by atoms with Gasteiger partial charge < -0.3 is 10.7 Å². The molecule has 0 radical (unpaired) electrons. The highest BCUT2D eigenvalue weighted by Crippen LogP contribution is 2.28. The van der Waals surface area contributed by atoms with Crippen molar-refractivity contribution in [2.45, 2.75) is 32.7 Å². The lowest BCUT2D eigenvalue weighted by atomic mass is 10.0. The molecule has 2 rings (SSSR count). The van der Waals surface area contributed by atoms with Crippen LogP contribution in [-0.2, 0) is 0 Å². The van der Waals surface area contributed by atoms with Gasteiger partial charge in [0.15, 0.2) is 0 Å². The molecule has 0 aliphatic rings. The van der Waals surface area contributed by atoms with Crippen LogP contribution in [-0.4, -0.2) is 4.98 Å². The second kappa shape index (κ2) is 5.37. The van der Waals surface area contributed by atoms with E-state index in [1.807, 2.05) is 6.07 Å². The number of aryl methyl sites for hydroxylation is 1. The molecule has 0 aliphatic carbocycles. The van der Waals surface area contributed by atoms with E-state index >= 15 is 0 Å². The highest BCUT2D eigenvalue weighted by atomic mass is 35.5. The monoisotopic (exact) mass is 238 g/mol. The molecule has 0 fully saturated rings. The first-order valence-corrected chi connectivity index (χ1v) is 5.56. The predicted octanol–water partition coefficient (Wildman–Crippen LogP) is 3.70. The Morgan fingerprint density at radius 2 is 2.00 bits per heavy atom. The highest BCUT2D eigenvalue weighted by molar-refractivity contribution is 5.85. The molecule has 2 aromatic rings. The zero-order valence-electron chi connectivity index (χ0n) is 9.79. The molecule has 0 unspecified atom stereocenters. The Balaban J connectivity index is 0.00000128. The maximum Gasteiger partial charge on any atom is 0.0459 e. The molecule has 0 bridgehead atoms. The predicted molar refractivity (Wildman–Crippen MR) is 72.1 cm³/mol. The standard InChI is InChI=1S/C13H18N2.ClH/c1-3-6-11(14)13-9(2)15-12-8-5-4-7-10(12)13;/h4-5,7-8,11,15H,3,6,14H2,1-2H3;1H/t11-;/m0./s1. The smallest absolute Gasteiger partial charge is 0.0459 e. The normalized spacial score (nSPS) is 12.4. The third kappa shape index (κ3) is 2.23. The molecule has 0 saturated heterocycles. The number of rotatable bonds is 3. The summed E-state index contributed by atoms with van der Waals surface area (Å²) < 4.78 is 0. The molecular weight excluding hydrogens is 220 g/mol. The van der Waals surface area contributed by atoms with Crippen LogP contribution in [0.25, 0.3) is 10.9 Å². The van der Waals surface area contributed by atoms with Crippen LogP contribution in [0.3, 0.4) is 0 Å². The number of aromatic amines is 1. The van der Waals surface area contributed by atoms with E-state index in [-0.39, 0.29) is 18.4 Å². The summed E-state index contributed by atoms with van der Waals surface area (Å²) in [6.45, 7) is 4.27. The number of aromatic nitrogens is 1. The number of nitrogens with two attached hydrogens (primary N) is 1. The Labute approximate surface area is 103 Å². The lowest BCUT2D eigenvalue weighted by Gasteiger charge is -2.10. The van der Waals surface area contributed by atoms with Gasteiger partial charge in [0.25, 0.3) is 0 Å². The Hall–Kier alpha value is -0.990. The molecule has 2 nitrogen and oxygen atoms in total. The average molecular weight is 239 g/mol. The number of benzene rings is 1. The molecule has 0 aliphatic heterocycles. The second-order valence-corrected chi connectivity index (χ2v) is 4.10. The molecule has 88 valence electrons. The van der Waals surface area contributed by atoms with Gasteiger partial charge in [0.05, 0.1) is 0 Å². The zero-order chi connectivity index (χ0) is 10.8. The van der Waals surface area contributed by atoms with Crippen molar-refractivity contribution in [3.05, 3.63) is 35.5 Å². The number of para-hydroxylation sites is 1. The summed E-state index contributed by atoms with van der Waals surface area (Å²) in [6.07, 6.45) is 2.17. The first kappa shape index (κ1) is 13.1. The van der Waals surface area contributed by atoms with E-state index < -0.39 is 0 Å². The Bertz CT molecular complexity index is 462. The van der Waals surface area contributed by atoms with Crippen molar-refractivity contribution >= 4 is 23.3 Å². The molecule has 1 atom stereocenters. The van der Waals surface area contributed by atoms with Gasteiger partial charge in [0, 0.05) is 22.6 Å². The maximum atomic E-state index is 6.20. The van der Waals surface area contributed by atoms with Gasteiger partial charge in [-0.05, 0) is 25.0 Å². The number of hydrogen-bond acceptors (Lipinski definition) is 1.